The van der Waals surface area contributed by atoms with Gasteiger partial charge in [-0.1, -0.05) is 6.92 Å². The number of aliphatic hydroxyl groups excluding tert-OH is 1. The lowest BCUT2D eigenvalue weighted by Gasteiger charge is -2.08. The first kappa shape index (κ1) is 10.7. The van der Waals surface area contributed by atoms with Gasteiger partial charge in [-0.3, -0.25) is 4.79 Å². The fourth-order valence-electron chi connectivity index (χ4n) is 1.32. The predicted molar refractivity (Wildman–Crippen MR) is 51.5 cm³/mol. The van der Waals surface area contributed by atoms with E-state index in [0.717, 1.165) is 13.0 Å². The summed E-state index contributed by atoms with van der Waals surface area (Å²) in [6.45, 7) is 3.07. The van der Waals surface area contributed by atoms with Gasteiger partial charge in [0.2, 0.25) is 0 Å². The van der Waals surface area contributed by atoms with Crippen LogP contribution in [0.15, 0.2) is 0 Å². The van der Waals surface area contributed by atoms with Crippen molar-refractivity contribution in [1.29, 1.82) is 0 Å². The van der Waals surface area contributed by atoms with Crippen LogP contribution in [0.2, 0.25) is 0 Å². The second-order valence-corrected chi connectivity index (χ2v) is 3.76. The Hall–Kier alpha value is -0.410. The van der Waals surface area contributed by atoms with Gasteiger partial charge in [0.15, 0.2) is 0 Å². The minimum atomic E-state index is -0.149. The Bertz CT molecular complexity index is 166. The molecule has 0 aromatic heterocycles. The van der Waals surface area contributed by atoms with Crippen LogP contribution in [-0.2, 0) is 4.79 Å². The summed E-state index contributed by atoms with van der Waals surface area (Å²) in [5, 5.41) is 12.5. The topological polar surface area (TPSA) is 49.3 Å². The van der Waals surface area contributed by atoms with Crippen LogP contribution in [0, 0.1) is 5.92 Å². The van der Waals surface area contributed by atoms with E-state index in [1.165, 1.54) is 12.8 Å². The molecular formula is C10H19NO2. The van der Waals surface area contributed by atoms with Gasteiger partial charge < -0.3 is 10.4 Å². The molecule has 2 N–H and O–H groups in total. The monoisotopic (exact) mass is 185 g/mol. The van der Waals surface area contributed by atoms with Crippen LogP contribution < -0.4 is 5.32 Å². The molecule has 3 heteroatoms. The summed E-state index contributed by atoms with van der Waals surface area (Å²) in [7, 11) is 0. The van der Waals surface area contributed by atoms with Gasteiger partial charge >= 0.3 is 0 Å². The molecule has 1 unspecified atom stereocenters. The van der Waals surface area contributed by atoms with E-state index in [2.05, 4.69) is 5.32 Å². The number of Topliss-reactive ketones (excluding diaryl/α,β-unsaturated/α-hetero) is 1. The Morgan fingerprint density at radius 2 is 2.31 bits per heavy atom. The summed E-state index contributed by atoms with van der Waals surface area (Å²) in [6.07, 6.45) is 3.58. The summed E-state index contributed by atoms with van der Waals surface area (Å²) in [4.78, 5) is 10.9. The highest BCUT2D eigenvalue weighted by Gasteiger charge is 2.28. The van der Waals surface area contributed by atoms with E-state index >= 15 is 0 Å². The van der Waals surface area contributed by atoms with Crippen molar-refractivity contribution in [2.75, 3.05) is 13.1 Å². The van der Waals surface area contributed by atoms with Crippen LogP contribution in [-0.4, -0.2) is 30.1 Å². The molecule has 0 heterocycles. The molecule has 1 saturated carbocycles. The van der Waals surface area contributed by atoms with Crippen LogP contribution in [0.3, 0.4) is 0 Å². The van der Waals surface area contributed by atoms with Gasteiger partial charge in [-0.15, -0.1) is 0 Å². The van der Waals surface area contributed by atoms with E-state index in [1.807, 2.05) is 6.92 Å². The van der Waals surface area contributed by atoms with Crippen molar-refractivity contribution < 1.29 is 9.90 Å². The zero-order valence-electron chi connectivity index (χ0n) is 8.25. The molecule has 0 amide bonds. The normalized spacial score (nSPS) is 18.6. The molecule has 3 nitrogen and oxygen atoms in total. The lowest BCUT2D eigenvalue weighted by atomic mass is 10.1. The minimum absolute atomic E-state index is 0.149. The largest absolute Gasteiger partial charge is 0.393 e. The van der Waals surface area contributed by atoms with Crippen molar-refractivity contribution in [1.82, 2.24) is 5.32 Å². The van der Waals surface area contributed by atoms with Crippen LogP contribution in [0.1, 0.15) is 32.6 Å². The SMILES string of the molecule is CCC(=O)CNCCC(O)C1CC1. The molecule has 13 heavy (non-hydrogen) atoms. The Kier molecular flexibility index (Phi) is 4.39. The Morgan fingerprint density at radius 1 is 1.62 bits per heavy atom. The number of carbonyl (C=O) groups excluding carboxylic acids is 1. The fourth-order valence-corrected chi connectivity index (χ4v) is 1.32. The molecule has 0 spiro atoms. The Morgan fingerprint density at radius 3 is 2.85 bits per heavy atom. The molecule has 0 aromatic carbocycles. The number of rotatable bonds is 7. The quantitative estimate of drug-likeness (QED) is 0.574. The summed E-state index contributed by atoms with van der Waals surface area (Å²) in [5.41, 5.74) is 0. The second kappa shape index (κ2) is 5.35. The van der Waals surface area contributed by atoms with Crippen LogP contribution in [0.4, 0.5) is 0 Å². The fraction of sp³-hybridized carbons (Fsp3) is 0.900. The molecular weight excluding hydrogens is 166 g/mol. The molecule has 76 valence electrons. The third kappa shape index (κ3) is 4.39. The van der Waals surface area contributed by atoms with E-state index in [0.29, 0.717) is 18.9 Å². The third-order valence-corrected chi connectivity index (χ3v) is 2.50. The van der Waals surface area contributed by atoms with Gasteiger partial charge in [-0.05, 0) is 31.7 Å². The Labute approximate surface area is 79.5 Å². The first-order valence-corrected chi connectivity index (χ1v) is 5.14. The van der Waals surface area contributed by atoms with Crippen molar-refractivity contribution in [3.63, 3.8) is 0 Å². The second-order valence-electron chi connectivity index (χ2n) is 3.76. The summed E-state index contributed by atoms with van der Waals surface area (Å²) in [5.74, 6) is 0.782. The molecule has 1 aliphatic carbocycles. The molecule has 1 atom stereocenters. The molecule has 0 aliphatic heterocycles. The van der Waals surface area contributed by atoms with Gasteiger partial charge in [0, 0.05) is 6.42 Å². The number of hydrogen-bond donors (Lipinski definition) is 2. The van der Waals surface area contributed by atoms with Gasteiger partial charge in [0.25, 0.3) is 0 Å². The molecule has 0 radical (unpaired) electrons. The molecule has 0 saturated heterocycles. The lowest BCUT2D eigenvalue weighted by Crippen LogP contribution is -2.26. The smallest absolute Gasteiger partial charge is 0.146 e. The predicted octanol–water partition coefficient (Wildman–Crippen LogP) is 0.716. The maximum Gasteiger partial charge on any atom is 0.146 e. The maximum absolute atomic E-state index is 10.9. The van der Waals surface area contributed by atoms with E-state index < -0.39 is 0 Å². The van der Waals surface area contributed by atoms with Gasteiger partial charge in [0.1, 0.15) is 5.78 Å². The van der Waals surface area contributed by atoms with E-state index in [1.54, 1.807) is 0 Å². The van der Waals surface area contributed by atoms with Gasteiger partial charge in [-0.25, -0.2) is 0 Å². The van der Waals surface area contributed by atoms with E-state index in [9.17, 15) is 9.90 Å². The molecule has 1 aliphatic rings. The Balaban J connectivity index is 1.91. The average molecular weight is 185 g/mol. The molecule has 0 bridgehead atoms. The molecule has 0 aromatic rings. The van der Waals surface area contributed by atoms with Crippen molar-refractivity contribution >= 4 is 5.78 Å². The zero-order chi connectivity index (χ0) is 9.68. The number of ketones is 1. The number of nitrogens with one attached hydrogen (secondary N) is 1. The van der Waals surface area contributed by atoms with E-state index in [4.69, 9.17) is 0 Å². The van der Waals surface area contributed by atoms with Gasteiger partial charge in [-0.2, -0.15) is 0 Å². The summed E-state index contributed by atoms with van der Waals surface area (Å²) in [6, 6.07) is 0. The molecule has 1 fully saturated rings. The van der Waals surface area contributed by atoms with E-state index in [-0.39, 0.29) is 11.9 Å². The average Bonchev–Trinajstić information content (AvgIpc) is 2.94. The number of hydrogen-bond acceptors (Lipinski definition) is 3. The summed E-state index contributed by atoms with van der Waals surface area (Å²) >= 11 is 0. The minimum Gasteiger partial charge on any atom is -0.393 e. The van der Waals surface area contributed by atoms with Crippen molar-refractivity contribution in [2.45, 2.75) is 38.7 Å². The highest BCUT2D eigenvalue weighted by Crippen LogP contribution is 2.33. The first-order chi connectivity index (χ1) is 6.24. The number of carbonyl (C=O) groups is 1. The summed E-state index contributed by atoms with van der Waals surface area (Å²) < 4.78 is 0. The van der Waals surface area contributed by atoms with Gasteiger partial charge in [0.05, 0.1) is 12.6 Å². The third-order valence-electron chi connectivity index (χ3n) is 2.50. The first-order valence-electron chi connectivity index (χ1n) is 5.14. The number of aliphatic hydroxyl groups is 1. The van der Waals surface area contributed by atoms with Crippen molar-refractivity contribution in [3.8, 4) is 0 Å². The van der Waals surface area contributed by atoms with Crippen LogP contribution >= 0.6 is 0 Å². The van der Waals surface area contributed by atoms with Crippen LogP contribution in [0.5, 0.6) is 0 Å². The zero-order valence-corrected chi connectivity index (χ0v) is 8.25. The standard InChI is InChI=1S/C10H19NO2/c1-2-9(12)7-11-6-5-10(13)8-3-4-8/h8,10-11,13H,2-7H2,1H3. The molecule has 1 rings (SSSR count). The van der Waals surface area contributed by atoms with Crippen molar-refractivity contribution in [3.05, 3.63) is 0 Å². The maximum atomic E-state index is 10.9. The van der Waals surface area contributed by atoms with Crippen molar-refractivity contribution in [2.24, 2.45) is 5.92 Å². The highest BCUT2D eigenvalue weighted by molar-refractivity contribution is 5.80. The lowest BCUT2D eigenvalue weighted by molar-refractivity contribution is -0.117. The van der Waals surface area contributed by atoms with Crippen LogP contribution in [0.25, 0.3) is 0 Å². The highest BCUT2D eigenvalue weighted by atomic mass is 16.3.